The molecule has 0 aliphatic rings. The Morgan fingerprint density at radius 3 is 2.19 bits per heavy atom. The van der Waals surface area contributed by atoms with E-state index in [1.54, 1.807) is 31.2 Å². The molecule has 146 valence electrons. The summed E-state index contributed by atoms with van der Waals surface area (Å²) >= 11 is 0. The lowest BCUT2D eigenvalue weighted by molar-refractivity contribution is -0.115. The van der Waals surface area contributed by atoms with Crippen LogP contribution >= 0.6 is 0 Å². The Hall–Kier alpha value is -2.74. The summed E-state index contributed by atoms with van der Waals surface area (Å²) in [5, 5.41) is 2.67. The minimum atomic E-state index is -3.89. The van der Waals surface area contributed by atoms with Crippen molar-refractivity contribution in [3.05, 3.63) is 42.5 Å². The highest BCUT2D eigenvalue weighted by Crippen LogP contribution is 2.31. The van der Waals surface area contributed by atoms with E-state index >= 15 is 0 Å². The van der Waals surface area contributed by atoms with Gasteiger partial charge in [-0.2, -0.15) is 0 Å². The number of para-hydroxylation sites is 2. The van der Waals surface area contributed by atoms with Gasteiger partial charge in [-0.05, 0) is 44.2 Å². The van der Waals surface area contributed by atoms with Crippen molar-refractivity contribution in [1.82, 2.24) is 0 Å². The molecule has 2 aromatic rings. The van der Waals surface area contributed by atoms with Crippen LogP contribution in [0, 0.1) is 0 Å². The Labute approximate surface area is 159 Å². The number of ether oxygens (including phenoxy) is 2. The van der Waals surface area contributed by atoms with Gasteiger partial charge in [0.05, 0.1) is 29.5 Å². The Morgan fingerprint density at radius 1 is 0.926 bits per heavy atom. The lowest BCUT2D eigenvalue weighted by Crippen LogP contribution is -2.16. The Kier molecular flexibility index (Phi) is 7.06. The van der Waals surface area contributed by atoms with E-state index in [9.17, 15) is 13.2 Å². The summed E-state index contributed by atoms with van der Waals surface area (Å²) in [5.41, 5.74) is 0.650. The molecular weight excluding hydrogens is 368 g/mol. The molecule has 0 radical (unpaired) electrons. The first-order valence-electron chi connectivity index (χ1n) is 8.72. The number of rotatable bonds is 9. The van der Waals surface area contributed by atoms with E-state index < -0.39 is 10.0 Å². The third-order valence-electron chi connectivity index (χ3n) is 3.59. The summed E-state index contributed by atoms with van der Waals surface area (Å²) in [7, 11) is -3.89. The molecule has 0 spiro atoms. The maximum Gasteiger partial charge on any atom is 0.262 e. The van der Waals surface area contributed by atoms with Crippen LogP contribution in [0.15, 0.2) is 47.4 Å². The average Bonchev–Trinajstić information content (AvgIpc) is 2.64. The summed E-state index contributed by atoms with van der Waals surface area (Å²) in [4.78, 5) is 11.8. The monoisotopic (exact) mass is 392 g/mol. The number of anilines is 2. The number of carbonyl (C=O) groups excluding carboxylic acids is 1. The van der Waals surface area contributed by atoms with Gasteiger partial charge in [-0.15, -0.1) is 0 Å². The van der Waals surface area contributed by atoms with E-state index in [1.807, 2.05) is 13.8 Å². The van der Waals surface area contributed by atoms with Crippen molar-refractivity contribution in [1.29, 1.82) is 0 Å². The van der Waals surface area contributed by atoms with Crippen molar-refractivity contribution in [3.8, 4) is 11.5 Å². The smallest absolute Gasteiger partial charge is 0.262 e. The number of nitrogens with one attached hydrogen (secondary N) is 2. The molecule has 8 heteroatoms. The maximum absolute atomic E-state index is 12.8. The Morgan fingerprint density at radius 2 is 1.56 bits per heavy atom. The molecule has 27 heavy (non-hydrogen) atoms. The second-order valence-electron chi connectivity index (χ2n) is 5.53. The van der Waals surface area contributed by atoms with Gasteiger partial charge in [0.15, 0.2) is 0 Å². The van der Waals surface area contributed by atoms with Crippen molar-refractivity contribution < 1.29 is 22.7 Å². The molecule has 0 bridgehead atoms. The van der Waals surface area contributed by atoms with Gasteiger partial charge < -0.3 is 14.8 Å². The molecule has 0 saturated carbocycles. The van der Waals surface area contributed by atoms with Crippen LogP contribution in [0.1, 0.15) is 27.2 Å². The molecule has 0 unspecified atom stereocenters. The summed E-state index contributed by atoms with van der Waals surface area (Å²) in [6.45, 7) is 6.14. The molecular formula is C19H24N2O5S. The van der Waals surface area contributed by atoms with Crippen LogP contribution < -0.4 is 19.5 Å². The lowest BCUT2D eigenvalue weighted by Gasteiger charge is -2.15. The van der Waals surface area contributed by atoms with E-state index in [4.69, 9.17) is 9.47 Å². The van der Waals surface area contributed by atoms with Crippen LogP contribution in [0.4, 0.5) is 11.4 Å². The third-order valence-corrected chi connectivity index (χ3v) is 4.95. The molecule has 0 heterocycles. The quantitative estimate of drug-likeness (QED) is 0.680. The van der Waals surface area contributed by atoms with Crippen molar-refractivity contribution in [2.24, 2.45) is 0 Å². The van der Waals surface area contributed by atoms with E-state index in [0.29, 0.717) is 36.1 Å². The van der Waals surface area contributed by atoms with Gasteiger partial charge in [0.2, 0.25) is 5.91 Å². The second kappa shape index (κ2) is 9.27. The zero-order chi connectivity index (χ0) is 19.9. The van der Waals surface area contributed by atoms with Crippen molar-refractivity contribution in [2.75, 3.05) is 23.3 Å². The first-order chi connectivity index (χ1) is 12.9. The fraction of sp³-hybridized carbons (Fsp3) is 0.316. The standard InChI is InChI=1S/C19H24N2O5S/c1-4-19(22)20-16-13-14(11-12-18(16)26-6-3)27(23,24)21-15-9-7-8-10-17(15)25-5-2/h7-13,21H,4-6H2,1-3H3,(H,20,22). The number of hydrogen-bond donors (Lipinski definition) is 2. The predicted octanol–water partition coefficient (Wildman–Crippen LogP) is 3.63. The maximum atomic E-state index is 12.8. The van der Waals surface area contributed by atoms with E-state index in [1.165, 1.54) is 18.2 Å². The minimum absolute atomic E-state index is 0.00339. The molecule has 2 aromatic carbocycles. The van der Waals surface area contributed by atoms with Crippen LogP contribution in [0.25, 0.3) is 0 Å². The molecule has 1 amide bonds. The summed E-state index contributed by atoms with van der Waals surface area (Å²) in [5.74, 6) is 0.613. The zero-order valence-corrected chi connectivity index (χ0v) is 16.4. The van der Waals surface area contributed by atoms with Gasteiger partial charge in [0.1, 0.15) is 11.5 Å². The summed E-state index contributed by atoms with van der Waals surface area (Å²) < 4.78 is 39.1. The lowest BCUT2D eigenvalue weighted by atomic mass is 10.3. The Balaban J connectivity index is 2.38. The first kappa shape index (κ1) is 20.6. The van der Waals surface area contributed by atoms with Crippen LogP contribution in [-0.2, 0) is 14.8 Å². The first-order valence-corrected chi connectivity index (χ1v) is 10.2. The minimum Gasteiger partial charge on any atom is -0.492 e. The molecule has 0 aliphatic heterocycles. The van der Waals surface area contributed by atoms with Crippen LogP contribution in [-0.4, -0.2) is 27.5 Å². The zero-order valence-electron chi connectivity index (χ0n) is 15.6. The molecule has 0 saturated heterocycles. The molecule has 7 nitrogen and oxygen atoms in total. The van der Waals surface area contributed by atoms with Crippen LogP contribution in [0.5, 0.6) is 11.5 Å². The highest BCUT2D eigenvalue weighted by atomic mass is 32.2. The highest BCUT2D eigenvalue weighted by molar-refractivity contribution is 7.92. The fourth-order valence-corrected chi connectivity index (χ4v) is 3.43. The van der Waals surface area contributed by atoms with Gasteiger partial charge in [0, 0.05) is 6.42 Å². The highest BCUT2D eigenvalue weighted by Gasteiger charge is 2.19. The number of benzene rings is 2. The van der Waals surface area contributed by atoms with Gasteiger partial charge in [-0.25, -0.2) is 8.42 Å². The van der Waals surface area contributed by atoms with Crippen LogP contribution in [0.3, 0.4) is 0 Å². The average molecular weight is 392 g/mol. The summed E-state index contributed by atoms with van der Waals surface area (Å²) in [6.07, 6.45) is 0.266. The van der Waals surface area contributed by atoms with Gasteiger partial charge in [0.25, 0.3) is 10.0 Å². The third kappa shape index (κ3) is 5.37. The van der Waals surface area contributed by atoms with Gasteiger partial charge in [-0.1, -0.05) is 19.1 Å². The Bertz CT molecular complexity index is 897. The molecule has 2 rings (SSSR count). The topological polar surface area (TPSA) is 93.7 Å². The molecule has 0 fully saturated rings. The molecule has 2 N–H and O–H groups in total. The number of hydrogen-bond acceptors (Lipinski definition) is 5. The SMILES string of the molecule is CCOc1ccc(S(=O)(=O)Nc2ccccc2OCC)cc1NC(=O)CC. The summed E-state index contributed by atoms with van der Waals surface area (Å²) in [6, 6.07) is 11.1. The van der Waals surface area contributed by atoms with Gasteiger partial charge >= 0.3 is 0 Å². The normalized spacial score (nSPS) is 10.9. The number of carbonyl (C=O) groups is 1. The van der Waals surface area contributed by atoms with Crippen molar-refractivity contribution in [2.45, 2.75) is 32.1 Å². The van der Waals surface area contributed by atoms with E-state index in [-0.39, 0.29) is 17.2 Å². The molecule has 0 aromatic heterocycles. The van der Waals surface area contributed by atoms with Crippen molar-refractivity contribution in [3.63, 3.8) is 0 Å². The number of sulfonamides is 1. The predicted molar refractivity (Wildman–Crippen MR) is 105 cm³/mol. The second-order valence-corrected chi connectivity index (χ2v) is 7.21. The van der Waals surface area contributed by atoms with Crippen molar-refractivity contribution >= 4 is 27.3 Å². The fourth-order valence-electron chi connectivity index (χ4n) is 2.33. The molecule has 0 aliphatic carbocycles. The number of amides is 1. The molecule has 0 atom stereocenters. The van der Waals surface area contributed by atoms with Gasteiger partial charge in [-0.3, -0.25) is 9.52 Å². The van der Waals surface area contributed by atoms with E-state index in [2.05, 4.69) is 10.0 Å². The van der Waals surface area contributed by atoms with E-state index in [0.717, 1.165) is 0 Å². The largest absolute Gasteiger partial charge is 0.492 e. The van der Waals surface area contributed by atoms with Crippen LogP contribution in [0.2, 0.25) is 0 Å².